The van der Waals surface area contributed by atoms with Gasteiger partial charge in [0.15, 0.2) is 0 Å². The maximum atomic E-state index is 10.4. The molecule has 7 nitrogen and oxygen atoms in total. The molecule has 0 bridgehead atoms. The van der Waals surface area contributed by atoms with Crippen molar-refractivity contribution in [2.75, 3.05) is 11.1 Å². The monoisotopic (exact) mass is 254 g/mol. The minimum Gasteiger partial charge on any atom is -0.383 e. The first kappa shape index (κ1) is 11.1. The quantitative estimate of drug-likeness (QED) is 0.608. The molecule has 3 rings (SSSR count). The van der Waals surface area contributed by atoms with Gasteiger partial charge in [0, 0.05) is 23.3 Å². The number of amides is 1. The number of nitrogens with zero attached hydrogens (tertiary/aromatic N) is 3. The van der Waals surface area contributed by atoms with Crippen LogP contribution in [0, 0.1) is 0 Å². The first-order chi connectivity index (χ1) is 9.28. The number of pyridine rings is 2. The van der Waals surface area contributed by atoms with Gasteiger partial charge in [-0.1, -0.05) is 0 Å². The summed E-state index contributed by atoms with van der Waals surface area (Å²) in [7, 11) is 0. The van der Waals surface area contributed by atoms with Gasteiger partial charge in [-0.3, -0.25) is 9.89 Å². The van der Waals surface area contributed by atoms with Crippen LogP contribution in [0.1, 0.15) is 0 Å². The molecule has 0 aliphatic carbocycles. The Morgan fingerprint density at radius 3 is 2.95 bits per heavy atom. The van der Waals surface area contributed by atoms with Crippen molar-refractivity contribution in [1.29, 1.82) is 0 Å². The van der Waals surface area contributed by atoms with Crippen molar-refractivity contribution in [1.82, 2.24) is 20.2 Å². The highest BCUT2D eigenvalue weighted by molar-refractivity contribution is 5.95. The van der Waals surface area contributed by atoms with Crippen molar-refractivity contribution in [3.8, 4) is 11.3 Å². The fraction of sp³-hybridized carbons (Fsp3) is 0. The number of fused-ring (bicyclic) bond motifs is 1. The lowest BCUT2D eigenvalue weighted by molar-refractivity contribution is -0.105. The lowest BCUT2D eigenvalue weighted by Crippen LogP contribution is -1.99. The van der Waals surface area contributed by atoms with Crippen LogP contribution < -0.4 is 11.1 Å². The molecule has 3 heterocycles. The molecule has 0 saturated carbocycles. The molecule has 4 N–H and O–H groups in total. The van der Waals surface area contributed by atoms with E-state index in [1.54, 1.807) is 24.7 Å². The number of hydrogen-bond acceptors (Lipinski definition) is 5. The molecule has 0 spiro atoms. The van der Waals surface area contributed by atoms with Crippen molar-refractivity contribution in [3.05, 3.63) is 30.7 Å². The summed E-state index contributed by atoms with van der Waals surface area (Å²) in [6, 6.07) is 3.61. The molecule has 0 atom stereocenters. The number of aromatic amines is 1. The Kier molecular flexibility index (Phi) is 2.57. The van der Waals surface area contributed by atoms with Gasteiger partial charge in [-0.15, -0.1) is 0 Å². The minimum absolute atomic E-state index is 0.388. The van der Waals surface area contributed by atoms with Gasteiger partial charge in [0.2, 0.25) is 6.41 Å². The number of carbonyl (C=O) groups is 1. The molecule has 3 aromatic rings. The maximum absolute atomic E-state index is 10.4. The van der Waals surface area contributed by atoms with Crippen LogP contribution >= 0.6 is 0 Å². The van der Waals surface area contributed by atoms with Gasteiger partial charge in [-0.2, -0.15) is 5.10 Å². The van der Waals surface area contributed by atoms with E-state index < -0.39 is 0 Å². The van der Waals surface area contributed by atoms with Crippen molar-refractivity contribution in [3.63, 3.8) is 0 Å². The summed E-state index contributed by atoms with van der Waals surface area (Å²) in [5.41, 5.74) is 7.47. The van der Waals surface area contributed by atoms with Gasteiger partial charge in [0.05, 0.1) is 11.9 Å². The van der Waals surface area contributed by atoms with E-state index in [1.807, 2.05) is 6.07 Å². The van der Waals surface area contributed by atoms with E-state index in [-0.39, 0.29) is 0 Å². The summed E-state index contributed by atoms with van der Waals surface area (Å²) in [5.74, 6) is 0.852. The van der Waals surface area contributed by atoms with E-state index in [0.717, 1.165) is 16.3 Å². The second-order valence-corrected chi connectivity index (χ2v) is 3.93. The molecule has 0 unspecified atom stereocenters. The van der Waals surface area contributed by atoms with E-state index in [9.17, 15) is 4.79 Å². The number of nitrogens with one attached hydrogen (secondary N) is 2. The zero-order chi connectivity index (χ0) is 13.2. The second-order valence-electron chi connectivity index (χ2n) is 3.93. The lowest BCUT2D eigenvalue weighted by Gasteiger charge is -2.06. The van der Waals surface area contributed by atoms with Gasteiger partial charge < -0.3 is 11.1 Å². The average Bonchev–Trinajstić information content (AvgIpc) is 2.92. The number of carbonyl (C=O) groups excluding carboxylic acids is 1. The Bertz CT molecular complexity index is 737. The SMILES string of the molecule is Nc1nc(-c2cn[nH]c2)cc2cc(NC=O)ncc12. The number of anilines is 2. The van der Waals surface area contributed by atoms with E-state index >= 15 is 0 Å². The number of rotatable bonds is 3. The van der Waals surface area contributed by atoms with Crippen LogP contribution in [0.15, 0.2) is 30.7 Å². The number of nitrogens with two attached hydrogens (primary N) is 1. The third-order valence-electron chi connectivity index (χ3n) is 2.75. The zero-order valence-corrected chi connectivity index (χ0v) is 9.79. The van der Waals surface area contributed by atoms with Crippen LogP contribution in [-0.2, 0) is 4.79 Å². The fourth-order valence-electron chi connectivity index (χ4n) is 1.85. The highest BCUT2D eigenvalue weighted by Crippen LogP contribution is 2.26. The smallest absolute Gasteiger partial charge is 0.212 e. The Labute approximate surface area is 107 Å². The van der Waals surface area contributed by atoms with Gasteiger partial charge in [-0.05, 0) is 17.5 Å². The van der Waals surface area contributed by atoms with Crippen molar-refractivity contribution in [2.45, 2.75) is 0 Å². The van der Waals surface area contributed by atoms with Gasteiger partial charge in [0.1, 0.15) is 11.6 Å². The number of nitrogen functional groups attached to an aromatic ring is 1. The van der Waals surface area contributed by atoms with Gasteiger partial charge >= 0.3 is 0 Å². The maximum Gasteiger partial charge on any atom is 0.212 e. The van der Waals surface area contributed by atoms with Crippen LogP contribution in [0.4, 0.5) is 11.6 Å². The van der Waals surface area contributed by atoms with Crippen LogP contribution in [0.5, 0.6) is 0 Å². The molecule has 19 heavy (non-hydrogen) atoms. The van der Waals surface area contributed by atoms with E-state index in [4.69, 9.17) is 5.73 Å². The van der Waals surface area contributed by atoms with E-state index in [2.05, 4.69) is 25.5 Å². The Morgan fingerprint density at radius 2 is 2.21 bits per heavy atom. The summed E-state index contributed by atoms with van der Waals surface area (Å²) in [6.07, 6.45) is 5.57. The molecular formula is C12H10N6O. The summed E-state index contributed by atoms with van der Waals surface area (Å²) in [6.45, 7) is 0. The normalized spacial score (nSPS) is 10.5. The molecule has 1 amide bonds. The third-order valence-corrected chi connectivity index (χ3v) is 2.75. The van der Waals surface area contributed by atoms with Crippen LogP contribution in [0.25, 0.3) is 22.0 Å². The standard InChI is InChI=1S/C12H10N6O/c13-12-9-5-14-11(15-6-19)2-7(9)1-10(18-12)8-3-16-17-4-8/h1-6H,(H2,13,18)(H,16,17)(H,14,15,19). The van der Waals surface area contributed by atoms with Crippen LogP contribution in [-0.4, -0.2) is 26.6 Å². The van der Waals surface area contributed by atoms with Crippen molar-refractivity contribution >= 4 is 28.8 Å². The Balaban J connectivity index is 2.19. The summed E-state index contributed by atoms with van der Waals surface area (Å²) < 4.78 is 0. The largest absolute Gasteiger partial charge is 0.383 e. The second kappa shape index (κ2) is 4.37. The topological polar surface area (TPSA) is 110 Å². The average molecular weight is 254 g/mol. The molecule has 0 aliphatic heterocycles. The summed E-state index contributed by atoms with van der Waals surface area (Å²) in [5, 5.41) is 10.7. The molecule has 0 aliphatic rings. The van der Waals surface area contributed by atoms with Gasteiger partial charge in [-0.25, -0.2) is 9.97 Å². The molecule has 94 valence electrons. The predicted octanol–water partition coefficient (Wildman–Crippen LogP) is 1.17. The van der Waals surface area contributed by atoms with Gasteiger partial charge in [0.25, 0.3) is 0 Å². The highest BCUT2D eigenvalue weighted by Gasteiger charge is 2.07. The number of aromatic nitrogens is 4. The molecule has 3 aromatic heterocycles. The minimum atomic E-state index is 0.388. The zero-order valence-electron chi connectivity index (χ0n) is 9.79. The summed E-state index contributed by atoms with van der Waals surface area (Å²) >= 11 is 0. The predicted molar refractivity (Wildman–Crippen MR) is 71.2 cm³/mol. The van der Waals surface area contributed by atoms with Crippen molar-refractivity contribution in [2.24, 2.45) is 0 Å². The lowest BCUT2D eigenvalue weighted by atomic mass is 10.1. The third kappa shape index (κ3) is 1.97. The summed E-state index contributed by atoms with van der Waals surface area (Å²) in [4.78, 5) is 18.8. The Morgan fingerprint density at radius 1 is 1.32 bits per heavy atom. The molecule has 0 radical (unpaired) electrons. The van der Waals surface area contributed by atoms with E-state index in [0.29, 0.717) is 23.7 Å². The van der Waals surface area contributed by atoms with Crippen molar-refractivity contribution < 1.29 is 4.79 Å². The number of H-pyrrole nitrogens is 1. The van der Waals surface area contributed by atoms with Crippen LogP contribution in [0.3, 0.4) is 0 Å². The van der Waals surface area contributed by atoms with Crippen LogP contribution in [0.2, 0.25) is 0 Å². The molecule has 7 heteroatoms. The molecule has 0 saturated heterocycles. The number of hydrogen-bond donors (Lipinski definition) is 3. The fourth-order valence-corrected chi connectivity index (χ4v) is 1.85. The highest BCUT2D eigenvalue weighted by atomic mass is 16.1. The molecular weight excluding hydrogens is 244 g/mol. The Hall–Kier alpha value is -2.96. The molecule has 0 fully saturated rings. The van der Waals surface area contributed by atoms with E-state index in [1.165, 1.54) is 0 Å². The first-order valence-corrected chi connectivity index (χ1v) is 5.53. The first-order valence-electron chi connectivity index (χ1n) is 5.53. The molecule has 0 aromatic carbocycles.